The van der Waals surface area contributed by atoms with Crippen LogP contribution in [0.2, 0.25) is 0 Å². The molecule has 2 atom stereocenters. The van der Waals surface area contributed by atoms with Crippen LogP contribution in [0.3, 0.4) is 0 Å². The molecular weight excluding hydrogens is 272 g/mol. The van der Waals surface area contributed by atoms with Gasteiger partial charge in [-0.25, -0.2) is 4.79 Å². The average Bonchev–Trinajstić information content (AvgIpc) is 3.07. The average molecular weight is 296 g/mol. The van der Waals surface area contributed by atoms with Gasteiger partial charge in [0.25, 0.3) is 0 Å². The normalized spacial score (nSPS) is 31.6. The first-order chi connectivity index (χ1) is 10.5. The van der Waals surface area contributed by atoms with Crippen LogP contribution in [-0.2, 0) is 4.79 Å². The molecule has 2 unspecified atom stereocenters. The van der Waals surface area contributed by atoms with Crippen LogP contribution < -0.4 is 0 Å². The van der Waals surface area contributed by atoms with Gasteiger partial charge in [0.15, 0.2) is 0 Å². The summed E-state index contributed by atoms with van der Waals surface area (Å²) in [6.45, 7) is 3.97. The molecule has 0 radical (unpaired) electrons. The number of carbonyl (C=O) groups is 1. The third-order valence-electron chi connectivity index (χ3n) is 5.22. The van der Waals surface area contributed by atoms with Crippen molar-refractivity contribution in [2.45, 2.75) is 46.0 Å². The van der Waals surface area contributed by atoms with E-state index in [1.807, 2.05) is 19.1 Å². The summed E-state index contributed by atoms with van der Waals surface area (Å²) in [7, 11) is 0. The third kappa shape index (κ3) is 3.16. The van der Waals surface area contributed by atoms with E-state index in [2.05, 4.69) is 19.1 Å². The van der Waals surface area contributed by atoms with E-state index < -0.39 is 5.97 Å². The van der Waals surface area contributed by atoms with Crippen molar-refractivity contribution in [3.05, 3.63) is 58.2 Å². The van der Waals surface area contributed by atoms with Crippen molar-refractivity contribution in [2.75, 3.05) is 0 Å². The van der Waals surface area contributed by atoms with Crippen LogP contribution in [0.15, 0.2) is 58.2 Å². The molecule has 0 aromatic heterocycles. The van der Waals surface area contributed by atoms with Crippen molar-refractivity contribution >= 4 is 5.97 Å². The van der Waals surface area contributed by atoms with E-state index in [1.54, 1.807) is 11.1 Å². The smallest absolute Gasteiger partial charge is 0.328 e. The molecule has 0 amide bonds. The highest BCUT2D eigenvalue weighted by Gasteiger charge is 2.36. The fourth-order valence-electron chi connectivity index (χ4n) is 4.12. The van der Waals surface area contributed by atoms with Crippen LogP contribution in [0.4, 0.5) is 0 Å². The molecule has 1 N–H and O–H groups in total. The molecule has 0 aromatic rings. The molecule has 0 heterocycles. The Morgan fingerprint density at radius 2 is 2.18 bits per heavy atom. The summed E-state index contributed by atoms with van der Waals surface area (Å²) in [6.07, 6.45) is 16.4. The number of allylic oxidation sites excluding steroid dienone is 9. The first-order valence-electron chi connectivity index (χ1n) is 8.23. The Hall–Kier alpha value is -1.83. The van der Waals surface area contributed by atoms with Gasteiger partial charge in [-0.2, -0.15) is 0 Å². The summed E-state index contributed by atoms with van der Waals surface area (Å²) in [5.74, 6) is 0.918. The zero-order valence-corrected chi connectivity index (χ0v) is 13.4. The zero-order valence-electron chi connectivity index (χ0n) is 13.4. The summed E-state index contributed by atoms with van der Waals surface area (Å²) in [5.41, 5.74) is 6.52. The predicted molar refractivity (Wildman–Crippen MR) is 89.5 cm³/mol. The van der Waals surface area contributed by atoms with Crippen molar-refractivity contribution in [2.24, 2.45) is 11.8 Å². The van der Waals surface area contributed by atoms with Crippen LogP contribution in [0.25, 0.3) is 0 Å². The number of rotatable bonds is 3. The van der Waals surface area contributed by atoms with Crippen LogP contribution in [0, 0.1) is 11.8 Å². The maximum atomic E-state index is 10.6. The van der Waals surface area contributed by atoms with Gasteiger partial charge in [0.2, 0.25) is 0 Å². The monoisotopic (exact) mass is 296 g/mol. The minimum atomic E-state index is -0.893. The van der Waals surface area contributed by atoms with Crippen LogP contribution >= 0.6 is 0 Å². The van der Waals surface area contributed by atoms with Crippen LogP contribution in [0.1, 0.15) is 46.0 Å². The Bertz CT molecular complexity index is 641. The van der Waals surface area contributed by atoms with Crippen molar-refractivity contribution in [1.29, 1.82) is 0 Å². The van der Waals surface area contributed by atoms with Crippen LogP contribution in [0.5, 0.6) is 0 Å². The minimum absolute atomic E-state index is 0.762. The second-order valence-corrected chi connectivity index (χ2v) is 6.88. The second kappa shape index (κ2) is 6.12. The molecule has 3 aliphatic rings. The van der Waals surface area contributed by atoms with E-state index in [-0.39, 0.29) is 0 Å². The van der Waals surface area contributed by atoms with Crippen molar-refractivity contribution in [1.82, 2.24) is 0 Å². The number of fused-ring (bicyclic) bond motifs is 2. The van der Waals surface area contributed by atoms with E-state index in [0.29, 0.717) is 0 Å². The highest BCUT2D eigenvalue weighted by molar-refractivity contribution is 5.81. The molecule has 116 valence electrons. The molecule has 2 bridgehead atoms. The van der Waals surface area contributed by atoms with Gasteiger partial charge in [-0.15, -0.1) is 0 Å². The van der Waals surface area contributed by atoms with Gasteiger partial charge in [-0.3, -0.25) is 0 Å². The highest BCUT2D eigenvalue weighted by Crippen LogP contribution is 2.50. The lowest BCUT2D eigenvalue weighted by atomic mass is 9.85. The first-order valence-corrected chi connectivity index (χ1v) is 8.23. The summed E-state index contributed by atoms with van der Waals surface area (Å²) in [6, 6.07) is 0. The highest BCUT2D eigenvalue weighted by atomic mass is 16.4. The Kier molecular flexibility index (Phi) is 4.19. The molecule has 0 aliphatic heterocycles. The third-order valence-corrected chi connectivity index (χ3v) is 5.22. The van der Waals surface area contributed by atoms with E-state index >= 15 is 0 Å². The molecule has 2 nitrogen and oxygen atoms in total. The Balaban J connectivity index is 1.74. The van der Waals surface area contributed by atoms with Gasteiger partial charge in [0.1, 0.15) is 0 Å². The maximum Gasteiger partial charge on any atom is 0.328 e. The fourth-order valence-corrected chi connectivity index (χ4v) is 4.12. The Morgan fingerprint density at radius 3 is 2.77 bits per heavy atom. The minimum Gasteiger partial charge on any atom is -0.478 e. The Morgan fingerprint density at radius 1 is 1.36 bits per heavy atom. The van der Waals surface area contributed by atoms with E-state index in [9.17, 15) is 4.79 Å². The van der Waals surface area contributed by atoms with Crippen LogP contribution in [-0.4, -0.2) is 11.1 Å². The molecule has 3 rings (SSSR count). The fraction of sp³-hybridized carbons (Fsp3) is 0.450. The molecule has 2 saturated carbocycles. The lowest BCUT2D eigenvalue weighted by molar-refractivity contribution is -0.131. The number of carboxylic acids is 1. The van der Waals surface area contributed by atoms with Gasteiger partial charge >= 0.3 is 5.97 Å². The first kappa shape index (κ1) is 15.1. The van der Waals surface area contributed by atoms with E-state index in [1.165, 1.54) is 42.9 Å². The number of hydrogen-bond acceptors (Lipinski definition) is 1. The van der Waals surface area contributed by atoms with Crippen molar-refractivity contribution in [3.8, 4) is 0 Å². The van der Waals surface area contributed by atoms with E-state index in [0.717, 1.165) is 23.8 Å². The largest absolute Gasteiger partial charge is 0.478 e. The van der Waals surface area contributed by atoms with Gasteiger partial charge in [0.05, 0.1) is 0 Å². The Labute approximate surface area is 132 Å². The number of aliphatic carboxylic acids is 1. The molecule has 0 spiro atoms. The molecule has 3 aliphatic carbocycles. The second-order valence-electron chi connectivity index (χ2n) is 6.88. The van der Waals surface area contributed by atoms with Crippen molar-refractivity contribution < 1.29 is 9.90 Å². The van der Waals surface area contributed by atoms with E-state index in [4.69, 9.17) is 5.11 Å². The van der Waals surface area contributed by atoms with Gasteiger partial charge in [0, 0.05) is 6.08 Å². The summed E-state index contributed by atoms with van der Waals surface area (Å²) >= 11 is 0. The molecule has 0 saturated heterocycles. The van der Waals surface area contributed by atoms with Gasteiger partial charge < -0.3 is 5.11 Å². The molecular formula is C20H24O2. The summed E-state index contributed by atoms with van der Waals surface area (Å²) in [5, 5.41) is 8.74. The molecule has 22 heavy (non-hydrogen) atoms. The van der Waals surface area contributed by atoms with Gasteiger partial charge in [-0.05, 0) is 80.1 Å². The van der Waals surface area contributed by atoms with Crippen molar-refractivity contribution in [3.63, 3.8) is 0 Å². The summed E-state index contributed by atoms with van der Waals surface area (Å²) < 4.78 is 0. The molecule has 0 aromatic carbocycles. The van der Waals surface area contributed by atoms with Gasteiger partial charge in [-0.1, -0.05) is 29.9 Å². The lowest BCUT2D eigenvalue weighted by Gasteiger charge is -2.20. The quantitative estimate of drug-likeness (QED) is 0.590. The number of carboxylic acid groups (broad SMARTS) is 1. The SMILES string of the molecule is CC(C=CC1=CCC(=C2CC3CCC2C3)C=C1C)=CC(=O)O. The summed E-state index contributed by atoms with van der Waals surface area (Å²) in [4.78, 5) is 10.6. The molecule has 2 heteroatoms. The lowest BCUT2D eigenvalue weighted by Crippen LogP contribution is -2.03. The number of hydrogen-bond donors (Lipinski definition) is 1. The predicted octanol–water partition coefficient (Wildman–Crippen LogP) is 4.97. The molecule has 2 fully saturated rings. The zero-order chi connectivity index (χ0) is 15.7. The standard InChI is InChI=1S/C20H24O2/c1-13(9-20(21)22)3-5-16-7-8-17(10-14(16)2)19-12-15-4-6-18(19)11-15/h3,5,7,9-10,15,18H,4,6,8,11-12H2,1-2H3,(H,21,22). The topological polar surface area (TPSA) is 37.3 Å². The maximum absolute atomic E-state index is 10.6.